The summed E-state index contributed by atoms with van der Waals surface area (Å²) in [6.07, 6.45) is 2.25. The predicted molar refractivity (Wildman–Crippen MR) is 118 cm³/mol. The average molecular weight is 416 g/mol. The number of nitrogens with zero attached hydrogens (tertiary/aromatic N) is 1. The van der Waals surface area contributed by atoms with Crippen molar-refractivity contribution in [2.45, 2.75) is 19.0 Å². The van der Waals surface area contributed by atoms with Crippen LogP contribution in [0.1, 0.15) is 38.8 Å². The Hall–Kier alpha value is -3.38. The van der Waals surface area contributed by atoms with Crippen LogP contribution in [-0.4, -0.2) is 28.2 Å². The first-order valence-electron chi connectivity index (χ1n) is 9.97. The fourth-order valence-electron chi connectivity index (χ4n) is 4.17. The summed E-state index contributed by atoms with van der Waals surface area (Å²) in [5.41, 5.74) is 3.80. The van der Waals surface area contributed by atoms with E-state index in [-0.39, 0.29) is 24.3 Å². The van der Waals surface area contributed by atoms with Gasteiger partial charge in [0.05, 0.1) is 12.6 Å². The second kappa shape index (κ2) is 7.80. The monoisotopic (exact) mass is 415 g/mol. The van der Waals surface area contributed by atoms with Gasteiger partial charge >= 0.3 is 0 Å². The topological polar surface area (TPSA) is 65.2 Å². The van der Waals surface area contributed by atoms with Gasteiger partial charge in [-0.15, -0.1) is 11.3 Å². The minimum absolute atomic E-state index is 0.0214. The SMILES string of the molecule is O=C(CCN1C(=O)c2ccccc2[C@H]1c1c[nH]c2ccccc12)NCc1cccs1. The molecule has 1 atom stereocenters. The third-order valence-electron chi connectivity index (χ3n) is 5.59. The number of rotatable bonds is 6. The zero-order valence-corrected chi connectivity index (χ0v) is 17.1. The minimum atomic E-state index is -0.199. The van der Waals surface area contributed by atoms with Crippen molar-refractivity contribution in [1.82, 2.24) is 15.2 Å². The highest BCUT2D eigenvalue weighted by Gasteiger charge is 2.38. The lowest BCUT2D eigenvalue weighted by Gasteiger charge is -2.25. The van der Waals surface area contributed by atoms with Crippen molar-refractivity contribution in [3.05, 3.63) is 93.8 Å². The normalized spacial score (nSPS) is 15.5. The maximum Gasteiger partial charge on any atom is 0.255 e. The third-order valence-corrected chi connectivity index (χ3v) is 6.47. The fourth-order valence-corrected chi connectivity index (χ4v) is 4.81. The zero-order chi connectivity index (χ0) is 20.5. The largest absolute Gasteiger partial charge is 0.361 e. The van der Waals surface area contributed by atoms with Crippen LogP contribution in [0.15, 0.2) is 72.2 Å². The molecule has 0 aliphatic carbocycles. The lowest BCUT2D eigenvalue weighted by atomic mass is 9.97. The summed E-state index contributed by atoms with van der Waals surface area (Å²) in [7, 11) is 0. The molecule has 2 aromatic carbocycles. The molecule has 150 valence electrons. The van der Waals surface area contributed by atoms with E-state index in [0.29, 0.717) is 18.7 Å². The number of aromatic amines is 1. The van der Waals surface area contributed by atoms with Crippen LogP contribution in [0.25, 0.3) is 10.9 Å². The van der Waals surface area contributed by atoms with Gasteiger partial charge in [0.1, 0.15) is 0 Å². The predicted octanol–water partition coefficient (Wildman–Crippen LogP) is 4.48. The van der Waals surface area contributed by atoms with Crippen molar-refractivity contribution < 1.29 is 9.59 Å². The maximum atomic E-state index is 13.2. The Morgan fingerprint density at radius 2 is 1.87 bits per heavy atom. The molecule has 5 nitrogen and oxygen atoms in total. The number of carbonyl (C=O) groups is 2. The number of para-hydroxylation sites is 1. The molecule has 0 saturated carbocycles. The van der Waals surface area contributed by atoms with Crippen LogP contribution < -0.4 is 5.32 Å². The molecule has 0 spiro atoms. The van der Waals surface area contributed by atoms with Crippen molar-refractivity contribution in [3.63, 3.8) is 0 Å². The second-order valence-corrected chi connectivity index (χ2v) is 8.42. The smallest absolute Gasteiger partial charge is 0.255 e. The summed E-state index contributed by atoms with van der Waals surface area (Å²) in [6, 6.07) is 19.6. The number of aromatic nitrogens is 1. The van der Waals surface area contributed by atoms with Crippen molar-refractivity contribution >= 4 is 34.1 Å². The molecular formula is C24H21N3O2S. The lowest BCUT2D eigenvalue weighted by Crippen LogP contribution is -2.33. The van der Waals surface area contributed by atoms with E-state index in [1.807, 2.05) is 71.1 Å². The Morgan fingerprint density at radius 1 is 1.03 bits per heavy atom. The highest BCUT2D eigenvalue weighted by Crippen LogP contribution is 2.41. The van der Waals surface area contributed by atoms with E-state index in [2.05, 4.69) is 16.4 Å². The highest BCUT2D eigenvalue weighted by molar-refractivity contribution is 7.09. The van der Waals surface area contributed by atoms with Gasteiger partial charge in [-0.2, -0.15) is 0 Å². The summed E-state index contributed by atoms with van der Waals surface area (Å²) in [5, 5.41) is 6.04. The molecule has 2 amide bonds. The Kier molecular flexibility index (Phi) is 4.85. The molecule has 0 fully saturated rings. The second-order valence-electron chi connectivity index (χ2n) is 7.38. The number of thiophene rings is 1. The number of nitrogens with one attached hydrogen (secondary N) is 2. The van der Waals surface area contributed by atoms with E-state index in [1.165, 1.54) is 0 Å². The van der Waals surface area contributed by atoms with E-state index >= 15 is 0 Å². The van der Waals surface area contributed by atoms with Gasteiger partial charge < -0.3 is 15.2 Å². The molecule has 6 heteroatoms. The van der Waals surface area contributed by atoms with Gasteiger partial charge in [0.15, 0.2) is 0 Å². The van der Waals surface area contributed by atoms with Gasteiger partial charge in [0, 0.05) is 46.1 Å². The van der Waals surface area contributed by atoms with Gasteiger partial charge in [-0.1, -0.05) is 42.5 Å². The van der Waals surface area contributed by atoms with Gasteiger partial charge in [0.2, 0.25) is 5.91 Å². The first-order valence-corrected chi connectivity index (χ1v) is 10.9. The van der Waals surface area contributed by atoms with Crippen molar-refractivity contribution in [2.24, 2.45) is 0 Å². The Labute approximate surface area is 178 Å². The summed E-state index contributed by atoms with van der Waals surface area (Å²) in [4.78, 5) is 31.9. The van der Waals surface area contributed by atoms with Crippen LogP contribution in [0.3, 0.4) is 0 Å². The van der Waals surface area contributed by atoms with Crippen LogP contribution >= 0.6 is 11.3 Å². The lowest BCUT2D eigenvalue weighted by molar-refractivity contribution is -0.121. The van der Waals surface area contributed by atoms with Crippen molar-refractivity contribution in [1.29, 1.82) is 0 Å². The number of hydrogen-bond donors (Lipinski definition) is 2. The van der Waals surface area contributed by atoms with Crippen LogP contribution in [-0.2, 0) is 11.3 Å². The van der Waals surface area contributed by atoms with Gasteiger partial charge in [0.25, 0.3) is 5.91 Å². The molecule has 2 N–H and O–H groups in total. The molecule has 5 rings (SSSR count). The van der Waals surface area contributed by atoms with E-state index < -0.39 is 0 Å². The minimum Gasteiger partial charge on any atom is -0.361 e. The molecule has 0 bridgehead atoms. The third kappa shape index (κ3) is 3.29. The molecule has 1 aliphatic heterocycles. The molecule has 1 aliphatic rings. The molecule has 0 radical (unpaired) electrons. The highest BCUT2D eigenvalue weighted by atomic mass is 32.1. The summed E-state index contributed by atoms with van der Waals surface area (Å²) in [5.74, 6) is -0.0724. The van der Waals surface area contributed by atoms with E-state index in [1.54, 1.807) is 11.3 Å². The summed E-state index contributed by atoms with van der Waals surface area (Å²) >= 11 is 1.62. The standard InChI is InChI=1S/C24H21N3O2S/c28-22(26-14-16-6-5-13-30-16)11-12-27-23(18-8-1-2-9-19(18)24(27)29)20-15-25-21-10-4-3-7-17(20)21/h1-10,13,15,23,25H,11-12,14H2,(H,26,28)/t23-/m0/s1. The zero-order valence-electron chi connectivity index (χ0n) is 16.3. The Bertz CT molecular complexity index is 1210. The number of carbonyl (C=O) groups excluding carboxylic acids is 2. The van der Waals surface area contributed by atoms with Gasteiger partial charge in [-0.05, 0) is 29.1 Å². The Balaban J connectivity index is 1.40. The first kappa shape index (κ1) is 18.6. The van der Waals surface area contributed by atoms with Crippen LogP contribution in [0, 0.1) is 0 Å². The number of benzene rings is 2. The molecule has 0 saturated heterocycles. The summed E-state index contributed by atoms with van der Waals surface area (Å²) < 4.78 is 0. The summed E-state index contributed by atoms with van der Waals surface area (Å²) in [6.45, 7) is 0.893. The fraction of sp³-hybridized carbons (Fsp3) is 0.167. The van der Waals surface area contributed by atoms with E-state index in [9.17, 15) is 9.59 Å². The Morgan fingerprint density at radius 3 is 2.73 bits per heavy atom. The number of amides is 2. The quantitative estimate of drug-likeness (QED) is 0.488. The van der Waals surface area contributed by atoms with Crippen LogP contribution in [0.2, 0.25) is 0 Å². The first-order chi connectivity index (χ1) is 14.7. The molecule has 30 heavy (non-hydrogen) atoms. The number of fused-ring (bicyclic) bond motifs is 2. The van der Waals surface area contributed by atoms with E-state index in [0.717, 1.165) is 26.9 Å². The van der Waals surface area contributed by atoms with Crippen molar-refractivity contribution in [3.8, 4) is 0 Å². The maximum absolute atomic E-state index is 13.2. The van der Waals surface area contributed by atoms with Crippen molar-refractivity contribution in [2.75, 3.05) is 6.54 Å². The average Bonchev–Trinajstić information content (AvgIpc) is 3.50. The molecule has 2 aromatic heterocycles. The molecular weight excluding hydrogens is 394 g/mol. The molecule has 4 aromatic rings. The number of hydrogen-bond acceptors (Lipinski definition) is 3. The van der Waals surface area contributed by atoms with Crippen LogP contribution in [0.4, 0.5) is 0 Å². The van der Waals surface area contributed by atoms with Gasteiger partial charge in [-0.25, -0.2) is 0 Å². The number of H-pyrrole nitrogens is 1. The van der Waals surface area contributed by atoms with Gasteiger partial charge in [-0.3, -0.25) is 9.59 Å². The van der Waals surface area contributed by atoms with Crippen LogP contribution in [0.5, 0.6) is 0 Å². The molecule has 3 heterocycles. The molecule has 0 unspecified atom stereocenters. The van der Waals surface area contributed by atoms with E-state index in [4.69, 9.17) is 0 Å².